The second-order valence-electron chi connectivity index (χ2n) is 6.95. The summed E-state index contributed by atoms with van der Waals surface area (Å²) in [7, 11) is 0. The van der Waals surface area contributed by atoms with Crippen LogP contribution in [0.25, 0.3) is 0 Å². The van der Waals surface area contributed by atoms with Crippen molar-refractivity contribution in [2.45, 2.75) is 37.8 Å². The van der Waals surface area contributed by atoms with Crippen molar-refractivity contribution in [2.75, 3.05) is 18.4 Å². The van der Waals surface area contributed by atoms with E-state index in [1.54, 1.807) is 6.07 Å². The predicted molar refractivity (Wildman–Crippen MR) is 91.3 cm³/mol. The molecule has 3 fully saturated rings. The van der Waals surface area contributed by atoms with E-state index in [2.05, 4.69) is 16.2 Å². The van der Waals surface area contributed by atoms with Gasteiger partial charge in [-0.1, -0.05) is 24.1 Å². The van der Waals surface area contributed by atoms with Gasteiger partial charge in [-0.15, -0.1) is 0 Å². The van der Waals surface area contributed by atoms with Crippen molar-refractivity contribution < 1.29 is 4.79 Å². The Labute approximate surface area is 141 Å². The van der Waals surface area contributed by atoms with Gasteiger partial charge in [0, 0.05) is 41.8 Å². The van der Waals surface area contributed by atoms with Crippen LogP contribution in [0.15, 0.2) is 24.3 Å². The molecule has 1 saturated carbocycles. The predicted octanol–water partition coefficient (Wildman–Crippen LogP) is 2.84. The number of amides is 2. The van der Waals surface area contributed by atoms with Crippen molar-refractivity contribution in [2.24, 2.45) is 11.8 Å². The second kappa shape index (κ2) is 6.30. The minimum absolute atomic E-state index is 0.0232. The van der Waals surface area contributed by atoms with Crippen molar-refractivity contribution >= 4 is 23.3 Å². The zero-order valence-electron chi connectivity index (χ0n) is 13.1. The number of benzene rings is 1. The molecule has 1 aromatic rings. The van der Waals surface area contributed by atoms with E-state index in [4.69, 9.17) is 11.6 Å². The highest BCUT2D eigenvalue weighted by Crippen LogP contribution is 2.37. The third-order valence-corrected chi connectivity index (χ3v) is 5.81. The Balaban J connectivity index is 1.40. The summed E-state index contributed by atoms with van der Waals surface area (Å²) in [5, 5.41) is 3.60. The molecule has 2 amide bonds. The number of anilines is 1. The first kappa shape index (κ1) is 15.2. The molecule has 3 atom stereocenters. The molecule has 3 unspecified atom stereocenters. The standard InChI is InChI=1S/C17H23ClN4O/c18-12-5-2-6-13(9-12)19-17(23)22-8-7-15-14(10-22)16(21-20-15)11-3-1-4-11/h2,5-6,9,11,14-16,20-21H,1,3-4,7-8,10H2,(H,19,23). The lowest BCUT2D eigenvalue weighted by atomic mass is 9.73. The Morgan fingerprint density at radius 3 is 2.87 bits per heavy atom. The van der Waals surface area contributed by atoms with Gasteiger partial charge < -0.3 is 10.2 Å². The van der Waals surface area contributed by atoms with E-state index in [0.29, 0.717) is 23.0 Å². The summed E-state index contributed by atoms with van der Waals surface area (Å²) in [4.78, 5) is 14.5. The molecule has 4 rings (SSSR count). The molecule has 0 radical (unpaired) electrons. The van der Waals surface area contributed by atoms with Crippen LogP contribution < -0.4 is 16.2 Å². The fraction of sp³-hybridized carbons (Fsp3) is 0.588. The first-order valence-corrected chi connectivity index (χ1v) is 8.91. The summed E-state index contributed by atoms with van der Waals surface area (Å²) in [6.45, 7) is 1.61. The highest BCUT2D eigenvalue weighted by molar-refractivity contribution is 6.30. The molecule has 0 aromatic heterocycles. The normalized spacial score (nSPS) is 30.7. The van der Waals surface area contributed by atoms with Gasteiger partial charge in [0.15, 0.2) is 0 Å². The largest absolute Gasteiger partial charge is 0.324 e. The minimum Gasteiger partial charge on any atom is -0.324 e. The molecule has 2 saturated heterocycles. The van der Waals surface area contributed by atoms with Crippen molar-refractivity contribution in [1.29, 1.82) is 0 Å². The first-order chi connectivity index (χ1) is 11.2. The van der Waals surface area contributed by atoms with E-state index in [-0.39, 0.29) is 6.03 Å². The Morgan fingerprint density at radius 2 is 2.13 bits per heavy atom. The fourth-order valence-electron chi connectivity index (χ4n) is 4.05. The van der Waals surface area contributed by atoms with Crippen molar-refractivity contribution in [3.63, 3.8) is 0 Å². The lowest BCUT2D eigenvalue weighted by Crippen LogP contribution is -2.51. The molecule has 1 aromatic carbocycles. The van der Waals surface area contributed by atoms with E-state index in [1.807, 2.05) is 23.1 Å². The Bertz CT molecular complexity index is 592. The molecule has 3 N–H and O–H groups in total. The molecule has 6 heteroatoms. The number of hydrogen-bond donors (Lipinski definition) is 3. The number of nitrogens with one attached hydrogen (secondary N) is 3. The van der Waals surface area contributed by atoms with Gasteiger partial charge in [0.2, 0.25) is 0 Å². The zero-order valence-corrected chi connectivity index (χ0v) is 13.9. The molecule has 0 spiro atoms. The first-order valence-electron chi connectivity index (χ1n) is 8.53. The number of nitrogens with zero attached hydrogens (tertiary/aromatic N) is 1. The third-order valence-electron chi connectivity index (χ3n) is 5.58. The van der Waals surface area contributed by atoms with Gasteiger partial charge in [0.05, 0.1) is 0 Å². The number of hydrogen-bond acceptors (Lipinski definition) is 3. The molecule has 1 aliphatic carbocycles. The number of carbonyl (C=O) groups is 1. The number of rotatable bonds is 2. The molecule has 23 heavy (non-hydrogen) atoms. The molecule has 2 heterocycles. The maximum absolute atomic E-state index is 12.6. The topological polar surface area (TPSA) is 56.4 Å². The Hall–Kier alpha value is -1.30. The summed E-state index contributed by atoms with van der Waals surface area (Å²) in [6.07, 6.45) is 4.98. The Morgan fingerprint density at radius 1 is 1.26 bits per heavy atom. The number of piperidine rings is 1. The van der Waals surface area contributed by atoms with Crippen LogP contribution in [0, 0.1) is 11.8 Å². The van der Waals surface area contributed by atoms with Crippen molar-refractivity contribution in [3.05, 3.63) is 29.3 Å². The van der Waals surface area contributed by atoms with Crippen LogP contribution >= 0.6 is 11.6 Å². The van der Waals surface area contributed by atoms with Gasteiger partial charge in [-0.2, -0.15) is 0 Å². The van der Waals surface area contributed by atoms with Gasteiger partial charge in [-0.05, 0) is 43.4 Å². The average molecular weight is 335 g/mol. The van der Waals surface area contributed by atoms with E-state index >= 15 is 0 Å². The van der Waals surface area contributed by atoms with Crippen LogP contribution in [0.5, 0.6) is 0 Å². The average Bonchev–Trinajstić information content (AvgIpc) is 2.88. The van der Waals surface area contributed by atoms with Crippen LogP contribution in [0.3, 0.4) is 0 Å². The van der Waals surface area contributed by atoms with E-state index < -0.39 is 0 Å². The van der Waals surface area contributed by atoms with Crippen LogP contribution in [0.1, 0.15) is 25.7 Å². The smallest absolute Gasteiger partial charge is 0.321 e. The van der Waals surface area contributed by atoms with Gasteiger partial charge in [-0.25, -0.2) is 4.79 Å². The molecular formula is C17H23ClN4O. The van der Waals surface area contributed by atoms with Crippen LogP contribution in [-0.4, -0.2) is 36.1 Å². The number of fused-ring (bicyclic) bond motifs is 1. The summed E-state index contributed by atoms with van der Waals surface area (Å²) in [6, 6.07) is 8.29. The van der Waals surface area contributed by atoms with Crippen molar-refractivity contribution in [1.82, 2.24) is 15.8 Å². The second-order valence-corrected chi connectivity index (χ2v) is 7.39. The lowest BCUT2D eigenvalue weighted by molar-refractivity contribution is 0.137. The maximum atomic E-state index is 12.6. The molecule has 0 bridgehead atoms. The molecular weight excluding hydrogens is 312 g/mol. The Kier molecular flexibility index (Phi) is 4.18. The highest BCUT2D eigenvalue weighted by Gasteiger charge is 2.45. The number of likely N-dealkylation sites (tertiary alicyclic amines) is 1. The molecule has 124 valence electrons. The summed E-state index contributed by atoms with van der Waals surface area (Å²) < 4.78 is 0. The van der Waals surface area contributed by atoms with E-state index in [9.17, 15) is 4.79 Å². The maximum Gasteiger partial charge on any atom is 0.321 e. The molecule has 2 aliphatic heterocycles. The van der Waals surface area contributed by atoms with Crippen LogP contribution in [0.2, 0.25) is 5.02 Å². The third kappa shape index (κ3) is 3.05. The summed E-state index contributed by atoms with van der Waals surface area (Å²) >= 11 is 5.98. The van der Waals surface area contributed by atoms with E-state index in [0.717, 1.165) is 31.1 Å². The summed E-state index contributed by atoms with van der Waals surface area (Å²) in [5.74, 6) is 1.28. The lowest BCUT2D eigenvalue weighted by Gasteiger charge is -2.40. The highest BCUT2D eigenvalue weighted by atomic mass is 35.5. The molecule has 5 nitrogen and oxygen atoms in total. The van der Waals surface area contributed by atoms with Crippen molar-refractivity contribution in [3.8, 4) is 0 Å². The SMILES string of the molecule is O=C(Nc1cccc(Cl)c1)N1CCC2NNC(C3CCC3)C2C1. The number of halogens is 1. The van der Waals surface area contributed by atoms with Gasteiger partial charge in [0.1, 0.15) is 0 Å². The monoisotopic (exact) mass is 334 g/mol. The van der Waals surface area contributed by atoms with E-state index in [1.165, 1.54) is 19.3 Å². The molecule has 3 aliphatic rings. The number of urea groups is 1. The van der Waals surface area contributed by atoms with Crippen LogP contribution in [-0.2, 0) is 0 Å². The summed E-state index contributed by atoms with van der Waals surface area (Å²) in [5.41, 5.74) is 7.69. The van der Waals surface area contributed by atoms with Gasteiger partial charge >= 0.3 is 6.03 Å². The quantitative estimate of drug-likeness (QED) is 0.779. The minimum atomic E-state index is -0.0232. The zero-order chi connectivity index (χ0) is 15.8. The fourth-order valence-corrected chi connectivity index (χ4v) is 4.25. The number of hydrazine groups is 1. The van der Waals surface area contributed by atoms with Gasteiger partial charge in [0.25, 0.3) is 0 Å². The number of carbonyl (C=O) groups excluding carboxylic acids is 1. The van der Waals surface area contributed by atoms with Crippen LogP contribution in [0.4, 0.5) is 10.5 Å². The van der Waals surface area contributed by atoms with Gasteiger partial charge in [-0.3, -0.25) is 10.9 Å².